The summed E-state index contributed by atoms with van der Waals surface area (Å²) in [5, 5.41) is 1.51. The zero-order valence-corrected chi connectivity index (χ0v) is 19.6. The molecule has 0 unspecified atom stereocenters. The maximum atomic E-state index is 12.4. The molecule has 2 aliphatic heterocycles. The van der Waals surface area contributed by atoms with Crippen molar-refractivity contribution in [1.29, 1.82) is 0 Å². The molecule has 0 fully saturated rings. The third-order valence-corrected chi connectivity index (χ3v) is 6.10. The molecule has 5 rings (SSSR count). The number of carbonyl (C=O) groups is 1. The summed E-state index contributed by atoms with van der Waals surface area (Å²) in [6.45, 7) is 7.07. The van der Waals surface area contributed by atoms with Crippen LogP contribution in [0.3, 0.4) is 0 Å². The Kier molecular flexibility index (Phi) is 5.49. The van der Waals surface area contributed by atoms with Crippen LogP contribution in [-0.2, 0) is 4.74 Å². The van der Waals surface area contributed by atoms with Crippen LogP contribution in [0.25, 0.3) is 16.5 Å². The second kappa shape index (κ2) is 8.34. The number of para-hydroxylation sites is 1. The standard InChI is InChI=1S/C26H26ClNO5/c1-26(2,3)33-25(29)28-12-9-16(10-13-28)17-5-4-6-21-24(17)31-15-22(32-21)19-7-8-20(27)18-11-14-30-23(18)19/h4-9,11,14,22H,10,12-13,15H2,1-3H3/t22-/m0/s1. The molecule has 1 atom stereocenters. The van der Waals surface area contributed by atoms with E-state index in [9.17, 15) is 4.79 Å². The van der Waals surface area contributed by atoms with Crippen LogP contribution in [0.4, 0.5) is 4.79 Å². The molecule has 7 heteroatoms. The maximum Gasteiger partial charge on any atom is 0.410 e. The Labute approximate surface area is 197 Å². The fraction of sp³-hybridized carbons (Fsp3) is 0.346. The molecule has 0 saturated carbocycles. The van der Waals surface area contributed by atoms with Crippen LogP contribution >= 0.6 is 11.6 Å². The summed E-state index contributed by atoms with van der Waals surface area (Å²) in [4.78, 5) is 14.1. The van der Waals surface area contributed by atoms with Gasteiger partial charge in [-0.2, -0.15) is 0 Å². The Morgan fingerprint density at radius 2 is 2.03 bits per heavy atom. The molecule has 3 heterocycles. The fourth-order valence-corrected chi connectivity index (χ4v) is 4.43. The van der Waals surface area contributed by atoms with Crippen molar-refractivity contribution in [3.05, 3.63) is 64.9 Å². The van der Waals surface area contributed by atoms with Gasteiger partial charge in [0.15, 0.2) is 17.6 Å². The first-order valence-electron chi connectivity index (χ1n) is 11.1. The van der Waals surface area contributed by atoms with Gasteiger partial charge in [-0.05, 0) is 57.0 Å². The van der Waals surface area contributed by atoms with E-state index in [1.807, 2.05) is 57.2 Å². The van der Waals surface area contributed by atoms with Gasteiger partial charge in [0.05, 0.1) is 11.3 Å². The van der Waals surface area contributed by atoms with Crippen LogP contribution in [0.5, 0.6) is 11.5 Å². The number of ether oxygens (including phenoxy) is 3. The first-order valence-corrected chi connectivity index (χ1v) is 11.4. The third-order valence-electron chi connectivity index (χ3n) is 5.77. The van der Waals surface area contributed by atoms with E-state index in [0.717, 1.165) is 27.8 Å². The minimum absolute atomic E-state index is 0.289. The van der Waals surface area contributed by atoms with E-state index in [2.05, 4.69) is 6.08 Å². The Hall–Kier alpha value is -3.12. The molecule has 2 aromatic carbocycles. The van der Waals surface area contributed by atoms with Gasteiger partial charge in [0, 0.05) is 29.6 Å². The summed E-state index contributed by atoms with van der Waals surface area (Å²) in [7, 11) is 0. The SMILES string of the molecule is CC(C)(C)OC(=O)N1CC=C(c2cccc3c2OC[C@@H](c2ccc(Cl)c4ccoc24)O3)CC1. The summed E-state index contributed by atoms with van der Waals surface area (Å²) in [6.07, 6.45) is 3.81. The summed E-state index contributed by atoms with van der Waals surface area (Å²) < 4.78 is 23.7. The molecule has 0 bridgehead atoms. The van der Waals surface area contributed by atoms with E-state index in [1.165, 1.54) is 0 Å². The van der Waals surface area contributed by atoms with Gasteiger partial charge in [0.2, 0.25) is 0 Å². The molecule has 0 saturated heterocycles. The van der Waals surface area contributed by atoms with Gasteiger partial charge >= 0.3 is 6.09 Å². The Bertz CT molecular complexity index is 1240. The highest BCUT2D eigenvalue weighted by Gasteiger charge is 2.29. The van der Waals surface area contributed by atoms with Crippen molar-refractivity contribution in [2.45, 2.75) is 38.9 Å². The molecular weight excluding hydrogens is 442 g/mol. The largest absolute Gasteiger partial charge is 0.485 e. The van der Waals surface area contributed by atoms with Gasteiger partial charge in [-0.15, -0.1) is 0 Å². The van der Waals surface area contributed by atoms with Gasteiger partial charge in [0.25, 0.3) is 0 Å². The predicted molar refractivity (Wildman–Crippen MR) is 127 cm³/mol. The monoisotopic (exact) mass is 467 g/mol. The second-order valence-electron chi connectivity index (χ2n) is 9.26. The quantitative estimate of drug-likeness (QED) is 0.423. The summed E-state index contributed by atoms with van der Waals surface area (Å²) in [6, 6.07) is 11.5. The van der Waals surface area contributed by atoms with Crippen LogP contribution in [0.15, 0.2) is 53.2 Å². The number of nitrogens with zero attached hydrogens (tertiary/aromatic N) is 1. The Balaban J connectivity index is 1.36. The Morgan fingerprint density at radius 1 is 1.18 bits per heavy atom. The van der Waals surface area contributed by atoms with Crippen LogP contribution in [0.2, 0.25) is 5.02 Å². The molecule has 2 aliphatic rings. The predicted octanol–water partition coefficient (Wildman–Crippen LogP) is 6.62. The zero-order chi connectivity index (χ0) is 23.2. The highest BCUT2D eigenvalue weighted by Crippen LogP contribution is 2.44. The van der Waals surface area contributed by atoms with Crippen LogP contribution in [0.1, 0.15) is 44.4 Å². The van der Waals surface area contributed by atoms with E-state index >= 15 is 0 Å². The lowest BCUT2D eigenvalue weighted by Gasteiger charge is -2.31. The lowest BCUT2D eigenvalue weighted by atomic mass is 9.97. The van der Waals surface area contributed by atoms with Crippen molar-refractivity contribution < 1.29 is 23.4 Å². The highest BCUT2D eigenvalue weighted by atomic mass is 35.5. The molecule has 6 nitrogen and oxygen atoms in total. The zero-order valence-electron chi connectivity index (χ0n) is 18.9. The second-order valence-corrected chi connectivity index (χ2v) is 9.66. The van der Waals surface area contributed by atoms with Gasteiger partial charge in [-0.1, -0.05) is 29.8 Å². The van der Waals surface area contributed by atoms with Gasteiger partial charge < -0.3 is 23.5 Å². The van der Waals surface area contributed by atoms with Crippen LogP contribution in [0, 0.1) is 0 Å². The molecular formula is C26H26ClNO5. The fourth-order valence-electron chi connectivity index (χ4n) is 4.22. The smallest absolute Gasteiger partial charge is 0.410 e. The first-order chi connectivity index (χ1) is 15.8. The van der Waals surface area contributed by atoms with Gasteiger partial charge in [0.1, 0.15) is 17.8 Å². The molecule has 1 aromatic heterocycles. The molecule has 172 valence electrons. The van der Waals surface area contributed by atoms with Gasteiger partial charge in [-0.3, -0.25) is 0 Å². The molecule has 1 amide bonds. The summed E-state index contributed by atoms with van der Waals surface area (Å²) in [5.41, 5.74) is 3.24. The van der Waals surface area contributed by atoms with Crippen molar-refractivity contribution in [3.63, 3.8) is 0 Å². The van der Waals surface area contributed by atoms with E-state index in [4.69, 9.17) is 30.2 Å². The topological polar surface area (TPSA) is 61.1 Å². The van der Waals surface area contributed by atoms with E-state index in [1.54, 1.807) is 11.2 Å². The minimum atomic E-state index is -0.507. The lowest BCUT2D eigenvalue weighted by molar-refractivity contribution is 0.0270. The summed E-state index contributed by atoms with van der Waals surface area (Å²) >= 11 is 6.29. The average molecular weight is 468 g/mol. The number of hydrogen-bond donors (Lipinski definition) is 0. The average Bonchev–Trinajstić information content (AvgIpc) is 3.28. The first kappa shape index (κ1) is 21.7. The number of rotatable bonds is 2. The van der Waals surface area contributed by atoms with Crippen LogP contribution in [-0.4, -0.2) is 36.3 Å². The van der Waals surface area contributed by atoms with E-state index in [-0.39, 0.29) is 12.2 Å². The minimum Gasteiger partial charge on any atom is -0.485 e. The van der Waals surface area contributed by atoms with Crippen molar-refractivity contribution in [3.8, 4) is 11.5 Å². The van der Waals surface area contributed by atoms with Crippen molar-refractivity contribution in [2.75, 3.05) is 19.7 Å². The van der Waals surface area contributed by atoms with E-state index in [0.29, 0.717) is 42.5 Å². The molecule has 0 radical (unpaired) electrons. The highest BCUT2D eigenvalue weighted by molar-refractivity contribution is 6.35. The van der Waals surface area contributed by atoms with E-state index < -0.39 is 5.60 Å². The Morgan fingerprint density at radius 3 is 2.79 bits per heavy atom. The number of fused-ring (bicyclic) bond motifs is 2. The number of hydrogen-bond acceptors (Lipinski definition) is 5. The van der Waals surface area contributed by atoms with Crippen molar-refractivity contribution in [1.82, 2.24) is 4.90 Å². The van der Waals surface area contributed by atoms with Crippen molar-refractivity contribution >= 4 is 34.2 Å². The summed E-state index contributed by atoms with van der Waals surface area (Å²) in [5.74, 6) is 1.42. The normalized spacial score (nSPS) is 18.2. The molecule has 33 heavy (non-hydrogen) atoms. The van der Waals surface area contributed by atoms with Crippen LogP contribution < -0.4 is 9.47 Å². The number of furan rings is 1. The van der Waals surface area contributed by atoms with Gasteiger partial charge in [-0.25, -0.2) is 4.79 Å². The maximum absolute atomic E-state index is 12.4. The van der Waals surface area contributed by atoms with Crippen molar-refractivity contribution in [2.24, 2.45) is 0 Å². The molecule has 0 spiro atoms. The number of benzene rings is 2. The number of carbonyl (C=O) groups excluding carboxylic acids is 1. The molecule has 0 aliphatic carbocycles. The lowest BCUT2D eigenvalue weighted by Crippen LogP contribution is -2.39. The third kappa shape index (κ3) is 4.27. The number of halogens is 1. The molecule has 0 N–H and O–H groups in total. The molecule has 3 aromatic rings. The number of amides is 1.